The van der Waals surface area contributed by atoms with Crippen molar-refractivity contribution >= 4 is 0 Å². The second kappa shape index (κ2) is 6.56. The van der Waals surface area contributed by atoms with E-state index in [1.165, 1.54) is 6.07 Å². The molecular formula is C14H16F3N3. The molecule has 0 aliphatic heterocycles. The van der Waals surface area contributed by atoms with Crippen LogP contribution in [0.25, 0.3) is 0 Å². The minimum Gasteiger partial charge on any atom is -0.349 e. The minimum atomic E-state index is -1.44. The number of nitrogens with one attached hydrogen (secondary N) is 2. The van der Waals surface area contributed by atoms with Crippen molar-refractivity contribution in [2.75, 3.05) is 6.54 Å². The number of aromatic amines is 1. The van der Waals surface area contributed by atoms with E-state index < -0.39 is 23.5 Å². The highest BCUT2D eigenvalue weighted by Crippen LogP contribution is 2.23. The number of H-pyrrole nitrogens is 1. The summed E-state index contributed by atoms with van der Waals surface area (Å²) >= 11 is 0. The summed E-state index contributed by atoms with van der Waals surface area (Å²) in [7, 11) is 0. The molecule has 1 aromatic carbocycles. The largest absolute Gasteiger partial charge is 0.349 e. The van der Waals surface area contributed by atoms with Gasteiger partial charge in [0.1, 0.15) is 5.82 Å². The Kier molecular flexibility index (Phi) is 4.79. The summed E-state index contributed by atoms with van der Waals surface area (Å²) in [5.74, 6) is -3.11. The average Bonchev–Trinajstić information content (AvgIpc) is 2.94. The Labute approximate surface area is 115 Å². The molecule has 2 N–H and O–H groups in total. The number of rotatable bonds is 6. The average molecular weight is 283 g/mol. The van der Waals surface area contributed by atoms with Crippen LogP contribution in [0.1, 0.15) is 30.8 Å². The number of nitrogens with zero attached hydrogens (tertiary/aromatic N) is 1. The maximum atomic E-state index is 13.9. The fraction of sp³-hybridized carbons (Fsp3) is 0.357. The van der Waals surface area contributed by atoms with Crippen LogP contribution in [0.3, 0.4) is 0 Å². The van der Waals surface area contributed by atoms with Gasteiger partial charge in [0.25, 0.3) is 0 Å². The van der Waals surface area contributed by atoms with Crippen LogP contribution in [0.4, 0.5) is 13.2 Å². The lowest BCUT2D eigenvalue weighted by molar-refractivity contribution is 0.421. The van der Waals surface area contributed by atoms with Crippen LogP contribution in [0.5, 0.6) is 0 Å². The lowest BCUT2D eigenvalue weighted by Crippen LogP contribution is -2.26. The molecule has 1 aromatic heterocycles. The first-order valence-electron chi connectivity index (χ1n) is 6.48. The van der Waals surface area contributed by atoms with Gasteiger partial charge in [-0.3, -0.25) is 0 Å². The van der Waals surface area contributed by atoms with Crippen LogP contribution in [-0.4, -0.2) is 16.5 Å². The quantitative estimate of drug-likeness (QED) is 0.800. The lowest BCUT2D eigenvalue weighted by atomic mass is 10.0. The molecule has 0 amide bonds. The first-order valence-corrected chi connectivity index (χ1v) is 6.48. The standard InChI is InChI=1S/C14H16F3N3/c1-2-5-18-11(8-12-19-6-7-20-12)9-3-4-10(15)14(17)13(9)16/h3-4,6-7,11,18H,2,5,8H2,1H3,(H,19,20). The van der Waals surface area contributed by atoms with Gasteiger partial charge in [0, 0.05) is 30.4 Å². The molecule has 0 spiro atoms. The molecule has 0 radical (unpaired) electrons. The predicted molar refractivity (Wildman–Crippen MR) is 69.6 cm³/mol. The molecule has 0 fully saturated rings. The maximum absolute atomic E-state index is 13.9. The Bertz CT molecular complexity index is 555. The van der Waals surface area contributed by atoms with Crippen LogP contribution in [0.2, 0.25) is 0 Å². The number of benzene rings is 1. The Hall–Kier alpha value is -1.82. The Morgan fingerprint density at radius 1 is 1.25 bits per heavy atom. The molecule has 6 heteroatoms. The van der Waals surface area contributed by atoms with E-state index in [2.05, 4.69) is 15.3 Å². The Morgan fingerprint density at radius 3 is 2.70 bits per heavy atom. The van der Waals surface area contributed by atoms with Gasteiger partial charge in [-0.2, -0.15) is 0 Å². The van der Waals surface area contributed by atoms with Crippen LogP contribution >= 0.6 is 0 Å². The monoisotopic (exact) mass is 283 g/mol. The van der Waals surface area contributed by atoms with Gasteiger partial charge < -0.3 is 10.3 Å². The van der Waals surface area contributed by atoms with E-state index in [1.54, 1.807) is 12.4 Å². The smallest absolute Gasteiger partial charge is 0.194 e. The summed E-state index contributed by atoms with van der Waals surface area (Å²) in [5.41, 5.74) is 0.105. The van der Waals surface area contributed by atoms with E-state index in [0.717, 1.165) is 12.5 Å². The SMILES string of the molecule is CCCNC(Cc1ncc[nH]1)c1ccc(F)c(F)c1F. The molecule has 108 valence electrons. The van der Waals surface area contributed by atoms with Crippen LogP contribution in [-0.2, 0) is 6.42 Å². The van der Waals surface area contributed by atoms with Gasteiger partial charge in [0.15, 0.2) is 17.5 Å². The summed E-state index contributed by atoms with van der Waals surface area (Å²) in [6.45, 7) is 2.61. The molecule has 2 aromatic rings. The number of hydrogen-bond donors (Lipinski definition) is 2. The maximum Gasteiger partial charge on any atom is 0.194 e. The molecule has 2 rings (SSSR count). The number of aromatic nitrogens is 2. The van der Waals surface area contributed by atoms with Gasteiger partial charge in [-0.1, -0.05) is 13.0 Å². The fourth-order valence-electron chi connectivity index (χ4n) is 2.02. The highest BCUT2D eigenvalue weighted by atomic mass is 19.2. The first kappa shape index (κ1) is 14.6. The molecule has 1 atom stereocenters. The summed E-state index contributed by atoms with van der Waals surface area (Å²) in [5, 5.41) is 3.12. The molecule has 1 unspecified atom stereocenters. The van der Waals surface area contributed by atoms with E-state index >= 15 is 0 Å². The highest BCUT2D eigenvalue weighted by Gasteiger charge is 2.21. The van der Waals surface area contributed by atoms with Gasteiger partial charge in [-0.15, -0.1) is 0 Å². The molecule has 0 bridgehead atoms. The van der Waals surface area contributed by atoms with Crippen molar-refractivity contribution in [2.24, 2.45) is 0 Å². The first-order chi connectivity index (χ1) is 9.63. The summed E-state index contributed by atoms with van der Waals surface area (Å²) in [6, 6.07) is 1.75. The molecular weight excluding hydrogens is 267 g/mol. The van der Waals surface area contributed by atoms with Crippen molar-refractivity contribution in [1.29, 1.82) is 0 Å². The van der Waals surface area contributed by atoms with E-state index in [0.29, 0.717) is 18.8 Å². The van der Waals surface area contributed by atoms with Crippen molar-refractivity contribution in [2.45, 2.75) is 25.8 Å². The number of hydrogen-bond acceptors (Lipinski definition) is 2. The minimum absolute atomic E-state index is 0.105. The zero-order valence-corrected chi connectivity index (χ0v) is 11.1. The zero-order chi connectivity index (χ0) is 14.5. The summed E-state index contributed by atoms with van der Waals surface area (Å²) < 4.78 is 40.2. The zero-order valence-electron chi connectivity index (χ0n) is 11.1. The normalized spacial score (nSPS) is 12.6. The Balaban J connectivity index is 2.28. The summed E-state index contributed by atoms with van der Waals surface area (Å²) in [4.78, 5) is 6.99. The highest BCUT2D eigenvalue weighted by molar-refractivity contribution is 5.24. The van der Waals surface area contributed by atoms with E-state index in [9.17, 15) is 13.2 Å². The van der Waals surface area contributed by atoms with Gasteiger partial charge in [-0.05, 0) is 19.0 Å². The van der Waals surface area contributed by atoms with Crippen LogP contribution < -0.4 is 5.32 Å². The van der Waals surface area contributed by atoms with E-state index in [-0.39, 0.29) is 5.56 Å². The molecule has 20 heavy (non-hydrogen) atoms. The van der Waals surface area contributed by atoms with Crippen molar-refractivity contribution in [1.82, 2.24) is 15.3 Å². The number of imidazole rings is 1. The molecule has 0 aliphatic carbocycles. The predicted octanol–water partition coefficient (Wildman–Crippen LogP) is 3.11. The Morgan fingerprint density at radius 2 is 2.05 bits per heavy atom. The van der Waals surface area contributed by atoms with Crippen molar-refractivity contribution in [3.63, 3.8) is 0 Å². The molecule has 3 nitrogen and oxygen atoms in total. The second-order valence-corrected chi connectivity index (χ2v) is 4.51. The lowest BCUT2D eigenvalue weighted by Gasteiger charge is -2.19. The molecule has 0 aliphatic rings. The van der Waals surface area contributed by atoms with Crippen LogP contribution in [0, 0.1) is 17.5 Å². The van der Waals surface area contributed by atoms with Crippen LogP contribution in [0.15, 0.2) is 24.5 Å². The number of halogens is 3. The third-order valence-electron chi connectivity index (χ3n) is 3.03. The van der Waals surface area contributed by atoms with Gasteiger partial charge >= 0.3 is 0 Å². The molecule has 1 heterocycles. The van der Waals surface area contributed by atoms with Crippen molar-refractivity contribution < 1.29 is 13.2 Å². The van der Waals surface area contributed by atoms with Crippen molar-refractivity contribution in [3.8, 4) is 0 Å². The third-order valence-corrected chi connectivity index (χ3v) is 3.03. The molecule has 0 saturated heterocycles. The van der Waals surface area contributed by atoms with Gasteiger partial charge in [-0.25, -0.2) is 18.2 Å². The van der Waals surface area contributed by atoms with E-state index in [4.69, 9.17) is 0 Å². The van der Waals surface area contributed by atoms with Gasteiger partial charge in [0.05, 0.1) is 0 Å². The summed E-state index contributed by atoms with van der Waals surface area (Å²) in [6.07, 6.45) is 4.47. The molecule has 0 saturated carbocycles. The van der Waals surface area contributed by atoms with Gasteiger partial charge in [0.2, 0.25) is 0 Å². The third kappa shape index (κ3) is 3.19. The topological polar surface area (TPSA) is 40.7 Å². The fourth-order valence-corrected chi connectivity index (χ4v) is 2.02. The second-order valence-electron chi connectivity index (χ2n) is 4.51. The van der Waals surface area contributed by atoms with Crippen molar-refractivity contribution in [3.05, 3.63) is 53.4 Å². The van der Waals surface area contributed by atoms with E-state index in [1.807, 2.05) is 6.92 Å².